The van der Waals surface area contributed by atoms with Gasteiger partial charge in [0, 0.05) is 18.1 Å². The van der Waals surface area contributed by atoms with E-state index < -0.39 is 34.9 Å². The smallest absolute Gasteiger partial charge is 0.416 e. The van der Waals surface area contributed by atoms with Gasteiger partial charge >= 0.3 is 6.18 Å². The molecule has 1 aliphatic rings. The molecule has 0 aliphatic heterocycles. The number of carbonyl (C=O) groups is 1. The molecule has 4 nitrogen and oxygen atoms in total. The predicted molar refractivity (Wildman–Crippen MR) is 78.1 cm³/mol. The van der Waals surface area contributed by atoms with Crippen molar-refractivity contribution in [1.29, 1.82) is 0 Å². The molecule has 0 radical (unpaired) electrons. The maximum atomic E-state index is 12.6. The first-order valence-corrected chi connectivity index (χ1v) is 7.15. The van der Waals surface area contributed by atoms with E-state index in [0.717, 1.165) is 24.3 Å². The summed E-state index contributed by atoms with van der Waals surface area (Å²) in [7, 11) is 0. The molecular formula is C17H13F3O4. The van der Waals surface area contributed by atoms with E-state index in [-0.39, 0.29) is 17.2 Å². The van der Waals surface area contributed by atoms with Crippen molar-refractivity contribution in [3.63, 3.8) is 0 Å². The summed E-state index contributed by atoms with van der Waals surface area (Å²) >= 11 is 0. The maximum Gasteiger partial charge on any atom is 0.416 e. The number of aromatic hydroxyl groups is 3. The molecule has 0 saturated heterocycles. The quantitative estimate of drug-likeness (QED) is 0.744. The molecule has 126 valence electrons. The lowest BCUT2D eigenvalue weighted by molar-refractivity contribution is -0.137. The molecule has 2 unspecified atom stereocenters. The van der Waals surface area contributed by atoms with Crippen LogP contribution in [-0.4, -0.2) is 21.1 Å². The minimum atomic E-state index is -4.42. The van der Waals surface area contributed by atoms with Gasteiger partial charge in [-0.05, 0) is 30.0 Å². The molecule has 7 heteroatoms. The van der Waals surface area contributed by atoms with Crippen molar-refractivity contribution in [2.24, 2.45) is 5.92 Å². The van der Waals surface area contributed by atoms with Crippen LogP contribution in [0.5, 0.6) is 17.2 Å². The van der Waals surface area contributed by atoms with Crippen LogP contribution in [0.15, 0.2) is 36.4 Å². The van der Waals surface area contributed by atoms with E-state index in [1.807, 2.05) is 0 Å². The second-order valence-corrected chi connectivity index (χ2v) is 5.79. The minimum absolute atomic E-state index is 0.257. The molecule has 24 heavy (non-hydrogen) atoms. The fourth-order valence-corrected chi connectivity index (χ4v) is 2.81. The van der Waals surface area contributed by atoms with Crippen LogP contribution in [0.2, 0.25) is 0 Å². The third-order valence-electron chi connectivity index (χ3n) is 4.12. The fourth-order valence-electron chi connectivity index (χ4n) is 2.81. The molecule has 2 aromatic carbocycles. The summed E-state index contributed by atoms with van der Waals surface area (Å²) in [6.07, 6.45) is -4.00. The average Bonchev–Trinajstić information content (AvgIpc) is 3.25. The number of ketones is 1. The van der Waals surface area contributed by atoms with Crippen molar-refractivity contribution in [3.05, 3.63) is 53.1 Å². The normalized spacial score (nSPS) is 20.0. The number of phenols is 3. The maximum absolute atomic E-state index is 12.6. The van der Waals surface area contributed by atoms with E-state index in [1.165, 1.54) is 12.1 Å². The van der Waals surface area contributed by atoms with Crippen LogP contribution in [0.3, 0.4) is 0 Å². The first kappa shape index (κ1) is 16.2. The molecule has 1 fully saturated rings. The lowest BCUT2D eigenvalue weighted by atomic mass is 10.0. The molecule has 2 aromatic rings. The summed E-state index contributed by atoms with van der Waals surface area (Å²) < 4.78 is 37.7. The van der Waals surface area contributed by atoms with Gasteiger partial charge in [-0.15, -0.1) is 0 Å². The van der Waals surface area contributed by atoms with Crippen LogP contribution in [0.25, 0.3) is 0 Å². The standard InChI is InChI=1S/C17H13F3O4/c18-17(19,20)9-3-1-8(2-4-9)11-7-12(11)16(24)15-13(22)5-10(21)6-14(15)23/h1-6,11-12,21-23H,7H2. The van der Waals surface area contributed by atoms with Crippen LogP contribution >= 0.6 is 0 Å². The van der Waals surface area contributed by atoms with Gasteiger partial charge in [-0.25, -0.2) is 0 Å². The molecule has 1 saturated carbocycles. The Kier molecular flexibility index (Phi) is 3.66. The number of carbonyl (C=O) groups excluding carboxylic acids is 1. The molecule has 1 aliphatic carbocycles. The summed E-state index contributed by atoms with van der Waals surface area (Å²) in [5, 5.41) is 28.7. The number of alkyl halides is 3. The van der Waals surface area contributed by atoms with Gasteiger partial charge in [0.05, 0.1) is 5.56 Å². The van der Waals surface area contributed by atoms with Crippen molar-refractivity contribution in [3.8, 4) is 17.2 Å². The number of benzene rings is 2. The van der Waals surface area contributed by atoms with Crippen molar-refractivity contribution >= 4 is 5.78 Å². The average molecular weight is 338 g/mol. The summed E-state index contributed by atoms with van der Waals surface area (Å²) in [5.41, 5.74) is -0.449. The number of halogens is 3. The van der Waals surface area contributed by atoms with Gasteiger partial charge < -0.3 is 15.3 Å². The monoisotopic (exact) mass is 338 g/mol. The number of rotatable bonds is 3. The SMILES string of the molecule is O=C(c1c(O)cc(O)cc1O)C1CC1c1ccc(C(F)(F)F)cc1. The third kappa shape index (κ3) is 2.89. The lowest BCUT2D eigenvalue weighted by Crippen LogP contribution is -2.06. The molecule has 0 bridgehead atoms. The molecule has 0 spiro atoms. The van der Waals surface area contributed by atoms with Gasteiger partial charge in [0.2, 0.25) is 0 Å². The van der Waals surface area contributed by atoms with Crippen LogP contribution < -0.4 is 0 Å². The Hall–Kier alpha value is -2.70. The first-order valence-electron chi connectivity index (χ1n) is 7.15. The molecule has 3 N–H and O–H groups in total. The second-order valence-electron chi connectivity index (χ2n) is 5.79. The van der Waals surface area contributed by atoms with E-state index in [4.69, 9.17) is 0 Å². The lowest BCUT2D eigenvalue weighted by Gasteiger charge is -2.08. The number of Topliss-reactive ketones (excluding diaryl/α,β-unsaturated/α-hetero) is 1. The molecule has 0 heterocycles. The zero-order valence-corrected chi connectivity index (χ0v) is 12.2. The Labute approximate surface area is 134 Å². The molecule has 3 rings (SSSR count). The van der Waals surface area contributed by atoms with Crippen molar-refractivity contribution in [2.45, 2.75) is 18.5 Å². The Morgan fingerprint density at radius 1 is 1.00 bits per heavy atom. The highest BCUT2D eigenvalue weighted by molar-refractivity contribution is 6.04. The van der Waals surface area contributed by atoms with E-state index >= 15 is 0 Å². The summed E-state index contributed by atoms with van der Waals surface area (Å²) in [6.45, 7) is 0. The Morgan fingerprint density at radius 3 is 2.04 bits per heavy atom. The number of hydrogen-bond donors (Lipinski definition) is 3. The van der Waals surface area contributed by atoms with Gasteiger partial charge in [-0.2, -0.15) is 13.2 Å². The topological polar surface area (TPSA) is 77.8 Å². The Balaban J connectivity index is 1.79. The highest BCUT2D eigenvalue weighted by Crippen LogP contribution is 2.51. The summed E-state index contributed by atoms with van der Waals surface area (Å²) in [6, 6.07) is 6.48. The Bertz CT molecular complexity index is 773. The minimum Gasteiger partial charge on any atom is -0.508 e. The van der Waals surface area contributed by atoms with Gasteiger partial charge in [0.15, 0.2) is 5.78 Å². The van der Waals surface area contributed by atoms with E-state index in [9.17, 15) is 33.3 Å². The van der Waals surface area contributed by atoms with Crippen molar-refractivity contribution in [1.82, 2.24) is 0 Å². The zero-order valence-electron chi connectivity index (χ0n) is 12.2. The largest absolute Gasteiger partial charge is 0.508 e. The Morgan fingerprint density at radius 2 is 1.54 bits per heavy atom. The van der Waals surface area contributed by atoms with E-state index in [2.05, 4.69) is 0 Å². The van der Waals surface area contributed by atoms with Crippen LogP contribution in [-0.2, 0) is 6.18 Å². The highest BCUT2D eigenvalue weighted by atomic mass is 19.4. The van der Waals surface area contributed by atoms with Gasteiger partial charge in [0.25, 0.3) is 0 Å². The van der Waals surface area contributed by atoms with Crippen molar-refractivity contribution in [2.75, 3.05) is 0 Å². The highest BCUT2D eigenvalue weighted by Gasteiger charge is 2.45. The van der Waals surface area contributed by atoms with Gasteiger partial charge in [-0.1, -0.05) is 12.1 Å². The summed E-state index contributed by atoms with van der Waals surface area (Å²) in [4.78, 5) is 12.4. The third-order valence-corrected chi connectivity index (χ3v) is 4.12. The second kappa shape index (κ2) is 5.43. The first-order chi connectivity index (χ1) is 11.2. The van der Waals surface area contributed by atoms with Gasteiger partial charge in [0.1, 0.15) is 22.8 Å². The number of phenolic OH excluding ortho intramolecular Hbond substituents is 3. The van der Waals surface area contributed by atoms with E-state index in [0.29, 0.717) is 12.0 Å². The van der Waals surface area contributed by atoms with Crippen LogP contribution in [0.1, 0.15) is 33.8 Å². The molecular weight excluding hydrogens is 325 g/mol. The molecule has 0 aromatic heterocycles. The predicted octanol–water partition coefficient (Wildman–Crippen LogP) is 3.81. The van der Waals surface area contributed by atoms with Crippen LogP contribution in [0.4, 0.5) is 13.2 Å². The van der Waals surface area contributed by atoms with E-state index in [1.54, 1.807) is 0 Å². The van der Waals surface area contributed by atoms with Crippen molar-refractivity contribution < 1.29 is 33.3 Å². The fraction of sp³-hybridized carbons (Fsp3) is 0.235. The molecule has 2 atom stereocenters. The van der Waals surface area contributed by atoms with Gasteiger partial charge in [-0.3, -0.25) is 4.79 Å². The number of hydrogen-bond acceptors (Lipinski definition) is 4. The van der Waals surface area contributed by atoms with Crippen LogP contribution in [0, 0.1) is 5.92 Å². The zero-order chi connectivity index (χ0) is 17.6. The molecule has 0 amide bonds. The summed E-state index contributed by atoms with van der Waals surface area (Å²) in [5.74, 6) is -2.73.